The van der Waals surface area contributed by atoms with Crippen molar-refractivity contribution in [1.82, 2.24) is 4.37 Å². The molecular weight excluding hydrogens is 132 g/mol. The van der Waals surface area contributed by atoms with Gasteiger partial charge in [-0.05, 0) is 24.0 Å². The van der Waals surface area contributed by atoms with Gasteiger partial charge in [0.05, 0.1) is 4.88 Å². The second-order valence-electron chi connectivity index (χ2n) is 1.90. The van der Waals surface area contributed by atoms with Crippen molar-refractivity contribution in [3.63, 3.8) is 0 Å². The fourth-order valence-electron chi connectivity index (χ4n) is 0.490. The van der Waals surface area contributed by atoms with Crippen LogP contribution in [0.3, 0.4) is 0 Å². The summed E-state index contributed by atoms with van der Waals surface area (Å²) in [6.45, 7) is 5.69. The van der Waals surface area contributed by atoms with Gasteiger partial charge in [-0.3, -0.25) is 0 Å². The van der Waals surface area contributed by atoms with Gasteiger partial charge in [0.15, 0.2) is 0 Å². The molecule has 0 bridgehead atoms. The van der Waals surface area contributed by atoms with Crippen LogP contribution in [0.25, 0.3) is 5.57 Å². The third-order valence-electron chi connectivity index (χ3n) is 0.949. The number of nitrogens with zero attached hydrogens (tertiary/aromatic N) is 1. The summed E-state index contributed by atoms with van der Waals surface area (Å²) in [7, 11) is 0. The Bertz CT molecular complexity index is 227. The summed E-state index contributed by atoms with van der Waals surface area (Å²) < 4.78 is 3.90. The first-order chi connectivity index (χ1) is 4.20. The molecule has 2 N–H and O–H groups in total. The zero-order valence-electron chi connectivity index (χ0n) is 5.22. The summed E-state index contributed by atoms with van der Waals surface area (Å²) in [4.78, 5) is 1.06. The average Bonchev–Trinajstić information content (AvgIpc) is 2.14. The van der Waals surface area contributed by atoms with E-state index in [2.05, 4.69) is 11.0 Å². The second kappa shape index (κ2) is 2.19. The summed E-state index contributed by atoms with van der Waals surface area (Å²) >= 11 is 1.38. The zero-order valence-corrected chi connectivity index (χ0v) is 6.03. The Hall–Kier alpha value is -0.830. The third-order valence-corrected chi connectivity index (χ3v) is 1.91. The Kier molecular flexibility index (Phi) is 1.53. The van der Waals surface area contributed by atoms with E-state index >= 15 is 0 Å². The fourth-order valence-corrected chi connectivity index (χ4v) is 1.08. The van der Waals surface area contributed by atoms with Crippen molar-refractivity contribution in [3.05, 3.63) is 17.5 Å². The van der Waals surface area contributed by atoms with Gasteiger partial charge >= 0.3 is 0 Å². The molecule has 0 aliphatic heterocycles. The summed E-state index contributed by atoms with van der Waals surface area (Å²) in [5, 5.41) is 0. The van der Waals surface area contributed by atoms with Gasteiger partial charge in [-0.25, -0.2) is 0 Å². The summed E-state index contributed by atoms with van der Waals surface area (Å²) in [6, 6.07) is 1.83. The number of anilines is 1. The Balaban J connectivity index is 2.98. The van der Waals surface area contributed by atoms with Crippen LogP contribution < -0.4 is 5.73 Å². The molecule has 0 saturated heterocycles. The van der Waals surface area contributed by atoms with Crippen LogP contribution in [0.4, 0.5) is 5.82 Å². The lowest BCUT2D eigenvalue weighted by atomic mass is 10.3. The molecule has 0 spiro atoms. The maximum absolute atomic E-state index is 5.37. The third kappa shape index (κ3) is 1.29. The predicted molar refractivity (Wildman–Crippen MR) is 41.2 cm³/mol. The van der Waals surface area contributed by atoms with E-state index in [1.165, 1.54) is 11.5 Å². The van der Waals surface area contributed by atoms with Crippen LogP contribution in [0, 0.1) is 0 Å². The summed E-state index contributed by atoms with van der Waals surface area (Å²) in [6.07, 6.45) is 0. The van der Waals surface area contributed by atoms with E-state index in [4.69, 9.17) is 5.73 Å². The molecule has 0 aromatic carbocycles. The van der Waals surface area contributed by atoms with Crippen molar-refractivity contribution in [2.75, 3.05) is 5.73 Å². The standard InChI is InChI=1S/C6H8N2S/c1-4(2)5-3-6(7)8-9-5/h3H,1H2,2H3,(H2,7,8). The largest absolute Gasteiger partial charge is 0.383 e. The monoisotopic (exact) mass is 140 g/mol. The van der Waals surface area contributed by atoms with Crippen molar-refractivity contribution in [1.29, 1.82) is 0 Å². The lowest BCUT2D eigenvalue weighted by molar-refractivity contribution is 1.56. The molecule has 9 heavy (non-hydrogen) atoms. The quantitative estimate of drug-likeness (QED) is 0.645. The molecule has 0 fully saturated rings. The lowest BCUT2D eigenvalue weighted by Gasteiger charge is -1.85. The summed E-state index contributed by atoms with van der Waals surface area (Å²) in [5.74, 6) is 0.581. The molecule has 1 aromatic heterocycles. The number of nitrogen functional groups attached to an aromatic ring is 1. The molecule has 1 rings (SSSR count). The smallest absolute Gasteiger partial charge is 0.137 e. The molecule has 3 heteroatoms. The van der Waals surface area contributed by atoms with Crippen LogP contribution in [0.1, 0.15) is 11.8 Å². The van der Waals surface area contributed by atoms with Crippen LogP contribution in [-0.2, 0) is 0 Å². The van der Waals surface area contributed by atoms with E-state index in [9.17, 15) is 0 Å². The van der Waals surface area contributed by atoms with Gasteiger partial charge in [0, 0.05) is 6.07 Å². The summed E-state index contributed by atoms with van der Waals surface area (Å²) in [5.41, 5.74) is 6.39. The predicted octanol–water partition coefficient (Wildman–Crippen LogP) is 1.76. The first-order valence-corrected chi connectivity index (χ1v) is 3.35. The van der Waals surface area contributed by atoms with E-state index < -0.39 is 0 Å². The van der Waals surface area contributed by atoms with Gasteiger partial charge < -0.3 is 5.73 Å². The number of hydrogen-bond donors (Lipinski definition) is 1. The fraction of sp³-hybridized carbons (Fsp3) is 0.167. The van der Waals surface area contributed by atoms with Gasteiger partial charge in [0.2, 0.25) is 0 Å². The molecule has 0 amide bonds. The molecule has 0 aliphatic carbocycles. The van der Waals surface area contributed by atoms with Crippen molar-refractivity contribution < 1.29 is 0 Å². The zero-order chi connectivity index (χ0) is 6.85. The van der Waals surface area contributed by atoms with E-state index in [1.54, 1.807) is 0 Å². The normalized spacial score (nSPS) is 9.44. The highest BCUT2D eigenvalue weighted by molar-refractivity contribution is 7.07. The van der Waals surface area contributed by atoms with Crippen LogP contribution >= 0.6 is 11.5 Å². The van der Waals surface area contributed by atoms with Gasteiger partial charge in [0.25, 0.3) is 0 Å². The van der Waals surface area contributed by atoms with Gasteiger partial charge in [0.1, 0.15) is 5.82 Å². The average molecular weight is 140 g/mol. The second-order valence-corrected chi connectivity index (χ2v) is 2.70. The van der Waals surface area contributed by atoms with Crippen LogP contribution in [0.5, 0.6) is 0 Å². The van der Waals surface area contributed by atoms with E-state index in [-0.39, 0.29) is 0 Å². The van der Waals surface area contributed by atoms with Gasteiger partial charge in [-0.15, -0.1) is 0 Å². The van der Waals surface area contributed by atoms with Crippen LogP contribution in [-0.4, -0.2) is 4.37 Å². The van der Waals surface area contributed by atoms with Gasteiger partial charge in [-0.2, -0.15) is 4.37 Å². The number of nitrogens with two attached hydrogens (primary N) is 1. The van der Waals surface area contributed by atoms with Gasteiger partial charge in [-0.1, -0.05) is 6.58 Å². The van der Waals surface area contributed by atoms with Crippen molar-refractivity contribution >= 4 is 22.9 Å². The molecule has 1 aromatic rings. The number of hydrogen-bond acceptors (Lipinski definition) is 3. The maximum atomic E-state index is 5.37. The highest BCUT2D eigenvalue weighted by Crippen LogP contribution is 2.18. The molecule has 0 atom stereocenters. The minimum Gasteiger partial charge on any atom is -0.383 e. The van der Waals surface area contributed by atoms with Crippen molar-refractivity contribution in [2.45, 2.75) is 6.92 Å². The molecule has 0 radical (unpaired) electrons. The van der Waals surface area contributed by atoms with Crippen molar-refractivity contribution in [2.24, 2.45) is 0 Å². The van der Waals surface area contributed by atoms with E-state index in [1.807, 2.05) is 13.0 Å². The first-order valence-electron chi connectivity index (χ1n) is 2.58. The number of allylic oxidation sites excluding steroid dienone is 1. The number of aromatic nitrogens is 1. The van der Waals surface area contributed by atoms with E-state index in [0.29, 0.717) is 5.82 Å². The minimum absolute atomic E-state index is 0.581. The Morgan fingerprint density at radius 3 is 2.78 bits per heavy atom. The Morgan fingerprint density at radius 2 is 2.56 bits per heavy atom. The Labute approximate surface area is 58.2 Å². The molecule has 0 unspecified atom stereocenters. The molecule has 48 valence electrons. The lowest BCUT2D eigenvalue weighted by Crippen LogP contribution is -1.79. The van der Waals surface area contributed by atoms with E-state index in [0.717, 1.165) is 10.5 Å². The molecule has 1 heterocycles. The SMILES string of the molecule is C=C(C)c1cc(N)ns1. The highest BCUT2D eigenvalue weighted by Gasteiger charge is 1.96. The molecular formula is C6H8N2S. The Morgan fingerprint density at radius 1 is 1.89 bits per heavy atom. The van der Waals surface area contributed by atoms with Crippen LogP contribution in [0.2, 0.25) is 0 Å². The molecule has 2 nitrogen and oxygen atoms in total. The molecule has 0 saturated carbocycles. The van der Waals surface area contributed by atoms with Crippen LogP contribution in [0.15, 0.2) is 12.6 Å². The first kappa shape index (κ1) is 6.29. The highest BCUT2D eigenvalue weighted by atomic mass is 32.1. The van der Waals surface area contributed by atoms with Crippen molar-refractivity contribution in [3.8, 4) is 0 Å². The minimum atomic E-state index is 0.581. The number of rotatable bonds is 1. The maximum Gasteiger partial charge on any atom is 0.137 e. The topological polar surface area (TPSA) is 38.9 Å². The molecule has 0 aliphatic rings.